The van der Waals surface area contributed by atoms with E-state index in [4.69, 9.17) is 5.11 Å². The maximum Gasteiger partial charge on any atom is 0.416 e. The van der Waals surface area contributed by atoms with E-state index >= 15 is 0 Å². The standard InChI is InChI=1S/C14H8BrF3O2S/c15-12-6-5-10(7-11(12)13(19)20)21-9-3-1-8(2-4-9)14(16,17)18/h1-7H,(H,19,20). The van der Waals surface area contributed by atoms with Gasteiger partial charge in [0.1, 0.15) is 0 Å². The molecule has 2 nitrogen and oxygen atoms in total. The minimum absolute atomic E-state index is 0.104. The molecule has 0 aliphatic carbocycles. The molecule has 0 unspecified atom stereocenters. The summed E-state index contributed by atoms with van der Waals surface area (Å²) in [6, 6.07) is 9.47. The Morgan fingerprint density at radius 1 is 1.05 bits per heavy atom. The number of halogens is 4. The second-order valence-corrected chi connectivity index (χ2v) is 6.07. The van der Waals surface area contributed by atoms with Crippen LogP contribution in [0.4, 0.5) is 13.2 Å². The van der Waals surface area contributed by atoms with Crippen LogP contribution < -0.4 is 0 Å². The normalized spacial score (nSPS) is 11.4. The van der Waals surface area contributed by atoms with Crippen molar-refractivity contribution in [3.05, 3.63) is 58.1 Å². The molecule has 0 saturated heterocycles. The smallest absolute Gasteiger partial charge is 0.416 e. The third kappa shape index (κ3) is 4.01. The second-order valence-electron chi connectivity index (χ2n) is 4.07. The maximum absolute atomic E-state index is 12.5. The van der Waals surface area contributed by atoms with Gasteiger partial charge in [0.15, 0.2) is 0 Å². The molecule has 21 heavy (non-hydrogen) atoms. The van der Waals surface area contributed by atoms with Crippen LogP contribution in [0.15, 0.2) is 56.7 Å². The highest BCUT2D eigenvalue weighted by Crippen LogP contribution is 2.34. The van der Waals surface area contributed by atoms with Crippen molar-refractivity contribution < 1.29 is 23.1 Å². The summed E-state index contributed by atoms with van der Waals surface area (Å²) in [5, 5.41) is 9.02. The van der Waals surface area contributed by atoms with Crippen LogP contribution in [0.25, 0.3) is 0 Å². The zero-order valence-electron chi connectivity index (χ0n) is 10.3. The van der Waals surface area contributed by atoms with Crippen molar-refractivity contribution in [2.75, 3.05) is 0 Å². The molecule has 0 atom stereocenters. The summed E-state index contributed by atoms with van der Waals surface area (Å²) in [6.45, 7) is 0. The molecule has 0 amide bonds. The number of aromatic carboxylic acids is 1. The molecule has 0 aliphatic rings. The molecule has 2 aromatic carbocycles. The fraction of sp³-hybridized carbons (Fsp3) is 0.0714. The lowest BCUT2D eigenvalue weighted by molar-refractivity contribution is -0.137. The number of carbonyl (C=O) groups is 1. The van der Waals surface area contributed by atoms with Crippen molar-refractivity contribution in [2.45, 2.75) is 16.0 Å². The SMILES string of the molecule is O=C(O)c1cc(Sc2ccc(C(F)(F)F)cc2)ccc1Br. The molecule has 7 heteroatoms. The number of hydrogen-bond acceptors (Lipinski definition) is 2. The van der Waals surface area contributed by atoms with E-state index < -0.39 is 17.7 Å². The Morgan fingerprint density at radius 3 is 2.14 bits per heavy atom. The zero-order chi connectivity index (χ0) is 15.6. The van der Waals surface area contributed by atoms with Crippen molar-refractivity contribution >= 4 is 33.7 Å². The minimum Gasteiger partial charge on any atom is -0.478 e. The van der Waals surface area contributed by atoms with E-state index in [1.165, 1.54) is 30.0 Å². The van der Waals surface area contributed by atoms with Gasteiger partial charge in [-0.15, -0.1) is 0 Å². The van der Waals surface area contributed by atoms with Crippen molar-refractivity contribution in [3.8, 4) is 0 Å². The maximum atomic E-state index is 12.5. The second kappa shape index (κ2) is 6.11. The first-order valence-electron chi connectivity index (χ1n) is 5.65. The Labute approximate surface area is 131 Å². The van der Waals surface area contributed by atoms with Crippen LogP contribution in [0, 0.1) is 0 Å². The molecular formula is C14H8BrF3O2S. The Bertz CT molecular complexity index is 669. The van der Waals surface area contributed by atoms with Crippen LogP contribution in [-0.4, -0.2) is 11.1 Å². The summed E-state index contributed by atoms with van der Waals surface area (Å²) in [5.74, 6) is -1.07. The van der Waals surface area contributed by atoms with Crippen molar-refractivity contribution in [3.63, 3.8) is 0 Å². The molecule has 0 aromatic heterocycles. The fourth-order valence-corrected chi connectivity index (χ4v) is 2.85. The molecule has 2 aromatic rings. The van der Waals surface area contributed by atoms with E-state index in [0.29, 0.717) is 14.3 Å². The third-order valence-corrected chi connectivity index (χ3v) is 4.27. The molecule has 0 spiro atoms. The molecule has 0 bridgehead atoms. The van der Waals surface area contributed by atoms with Gasteiger partial charge in [0.25, 0.3) is 0 Å². The van der Waals surface area contributed by atoms with Crippen molar-refractivity contribution in [2.24, 2.45) is 0 Å². The van der Waals surface area contributed by atoms with Gasteiger partial charge in [0.05, 0.1) is 11.1 Å². The number of benzene rings is 2. The number of carboxylic acids is 1. The van der Waals surface area contributed by atoms with E-state index in [0.717, 1.165) is 12.1 Å². The summed E-state index contributed by atoms with van der Waals surface area (Å²) in [7, 11) is 0. The lowest BCUT2D eigenvalue weighted by Gasteiger charge is -2.08. The van der Waals surface area contributed by atoms with Gasteiger partial charge in [-0.1, -0.05) is 11.8 Å². The largest absolute Gasteiger partial charge is 0.478 e. The van der Waals surface area contributed by atoms with Gasteiger partial charge in [0.2, 0.25) is 0 Å². The highest BCUT2D eigenvalue weighted by atomic mass is 79.9. The summed E-state index contributed by atoms with van der Waals surface area (Å²) < 4.78 is 37.8. The average molecular weight is 377 g/mol. The molecule has 0 fully saturated rings. The predicted molar refractivity (Wildman–Crippen MR) is 76.7 cm³/mol. The fourth-order valence-electron chi connectivity index (χ4n) is 1.58. The van der Waals surface area contributed by atoms with Crippen LogP contribution in [0.1, 0.15) is 15.9 Å². The lowest BCUT2D eigenvalue weighted by atomic mass is 10.2. The number of carboxylic acid groups (broad SMARTS) is 1. The number of alkyl halides is 3. The lowest BCUT2D eigenvalue weighted by Crippen LogP contribution is -2.03. The molecular weight excluding hydrogens is 369 g/mol. The van der Waals surface area contributed by atoms with Gasteiger partial charge in [-0.05, 0) is 58.4 Å². The van der Waals surface area contributed by atoms with Gasteiger partial charge >= 0.3 is 12.1 Å². The molecule has 0 aliphatic heterocycles. The third-order valence-electron chi connectivity index (χ3n) is 2.59. The Hall–Kier alpha value is -1.47. The van der Waals surface area contributed by atoms with Crippen molar-refractivity contribution in [1.29, 1.82) is 0 Å². The van der Waals surface area contributed by atoms with Crippen molar-refractivity contribution in [1.82, 2.24) is 0 Å². The van der Waals surface area contributed by atoms with Gasteiger partial charge in [-0.3, -0.25) is 0 Å². The minimum atomic E-state index is -4.36. The monoisotopic (exact) mass is 376 g/mol. The Morgan fingerprint density at radius 2 is 1.62 bits per heavy atom. The predicted octanol–water partition coefficient (Wildman–Crippen LogP) is 5.32. The summed E-state index contributed by atoms with van der Waals surface area (Å²) in [4.78, 5) is 12.3. The summed E-state index contributed by atoms with van der Waals surface area (Å²) in [6.07, 6.45) is -4.36. The van der Waals surface area contributed by atoms with Crippen LogP contribution in [0.5, 0.6) is 0 Å². The van der Waals surface area contributed by atoms with Crippen LogP contribution in [0.3, 0.4) is 0 Å². The molecule has 1 N–H and O–H groups in total. The van der Waals surface area contributed by atoms with E-state index in [1.54, 1.807) is 12.1 Å². The van der Waals surface area contributed by atoms with Gasteiger partial charge in [-0.2, -0.15) is 13.2 Å². The van der Waals surface area contributed by atoms with Gasteiger partial charge in [0, 0.05) is 14.3 Å². The first-order chi connectivity index (χ1) is 9.77. The highest BCUT2D eigenvalue weighted by Gasteiger charge is 2.29. The van der Waals surface area contributed by atoms with E-state index in [1.807, 2.05) is 0 Å². The first-order valence-corrected chi connectivity index (χ1v) is 7.26. The molecule has 0 heterocycles. The molecule has 2 rings (SSSR count). The highest BCUT2D eigenvalue weighted by molar-refractivity contribution is 9.10. The van der Waals surface area contributed by atoms with Crippen LogP contribution in [-0.2, 0) is 6.18 Å². The number of hydrogen-bond donors (Lipinski definition) is 1. The van der Waals surface area contributed by atoms with Crippen LogP contribution in [0.2, 0.25) is 0 Å². The van der Waals surface area contributed by atoms with E-state index in [2.05, 4.69) is 15.9 Å². The molecule has 0 saturated carbocycles. The topological polar surface area (TPSA) is 37.3 Å². The Kier molecular flexibility index (Phi) is 4.63. The Balaban J connectivity index is 2.22. The van der Waals surface area contributed by atoms with E-state index in [-0.39, 0.29) is 5.56 Å². The average Bonchev–Trinajstić information content (AvgIpc) is 2.40. The van der Waals surface area contributed by atoms with Gasteiger partial charge in [-0.25, -0.2) is 4.79 Å². The first kappa shape index (κ1) is 15.9. The summed E-state index contributed by atoms with van der Waals surface area (Å²) in [5.41, 5.74) is -0.610. The number of rotatable bonds is 3. The van der Waals surface area contributed by atoms with Gasteiger partial charge < -0.3 is 5.11 Å². The summed E-state index contributed by atoms with van der Waals surface area (Å²) >= 11 is 4.33. The van der Waals surface area contributed by atoms with Crippen LogP contribution >= 0.6 is 27.7 Å². The molecule has 110 valence electrons. The van der Waals surface area contributed by atoms with E-state index in [9.17, 15) is 18.0 Å². The zero-order valence-corrected chi connectivity index (χ0v) is 12.7. The molecule has 0 radical (unpaired) electrons. The quantitative estimate of drug-likeness (QED) is 0.787.